The lowest BCUT2D eigenvalue weighted by Crippen LogP contribution is -2.22. The van der Waals surface area contributed by atoms with E-state index in [1.54, 1.807) is 17.4 Å². The molecule has 96 valence electrons. The zero-order valence-electron chi connectivity index (χ0n) is 10.1. The molecule has 1 N–H and O–H groups in total. The van der Waals surface area contributed by atoms with E-state index in [0.717, 1.165) is 21.3 Å². The first-order chi connectivity index (χ1) is 8.70. The maximum Gasteiger partial charge on any atom is 0.126 e. The van der Waals surface area contributed by atoms with E-state index in [0.29, 0.717) is 6.42 Å². The van der Waals surface area contributed by atoms with Crippen LogP contribution in [-0.4, -0.2) is 6.54 Å². The summed E-state index contributed by atoms with van der Waals surface area (Å²) >= 11 is 7.50. The first-order valence-electron chi connectivity index (χ1n) is 5.92. The van der Waals surface area contributed by atoms with Crippen molar-refractivity contribution < 1.29 is 4.39 Å². The molecule has 1 aromatic heterocycles. The van der Waals surface area contributed by atoms with E-state index in [1.807, 2.05) is 31.2 Å². The summed E-state index contributed by atoms with van der Waals surface area (Å²) in [7, 11) is 0. The Morgan fingerprint density at radius 3 is 2.67 bits per heavy atom. The van der Waals surface area contributed by atoms with E-state index < -0.39 is 0 Å². The molecule has 0 amide bonds. The Balaban J connectivity index is 2.19. The first-order valence-corrected chi connectivity index (χ1v) is 7.12. The van der Waals surface area contributed by atoms with E-state index in [-0.39, 0.29) is 11.9 Å². The average Bonchev–Trinajstić information content (AvgIpc) is 2.78. The summed E-state index contributed by atoms with van der Waals surface area (Å²) < 4.78 is 14.4. The molecule has 2 rings (SSSR count). The van der Waals surface area contributed by atoms with Gasteiger partial charge >= 0.3 is 0 Å². The molecule has 0 spiro atoms. The molecule has 0 aliphatic rings. The van der Waals surface area contributed by atoms with Gasteiger partial charge in [0.15, 0.2) is 0 Å². The number of thiophene rings is 1. The lowest BCUT2D eigenvalue weighted by atomic mass is 10.0. The molecule has 0 aliphatic carbocycles. The van der Waals surface area contributed by atoms with Gasteiger partial charge in [0, 0.05) is 10.9 Å². The van der Waals surface area contributed by atoms with Gasteiger partial charge in [0.2, 0.25) is 0 Å². The minimum Gasteiger partial charge on any atom is -0.309 e. The fraction of sp³-hybridized carbons (Fsp3) is 0.286. The second kappa shape index (κ2) is 6.32. The van der Waals surface area contributed by atoms with Crippen molar-refractivity contribution in [1.29, 1.82) is 0 Å². The summed E-state index contributed by atoms with van der Waals surface area (Å²) in [5, 5.41) is 3.37. The highest BCUT2D eigenvalue weighted by Gasteiger charge is 2.15. The van der Waals surface area contributed by atoms with Gasteiger partial charge in [-0.25, -0.2) is 4.39 Å². The Bertz CT molecular complexity index is 512. The molecule has 2 aromatic rings. The van der Waals surface area contributed by atoms with E-state index in [9.17, 15) is 4.39 Å². The van der Waals surface area contributed by atoms with Crippen molar-refractivity contribution in [3.05, 3.63) is 57.0 Å². The zero-order chi connectivity index (χ0) is 13.0. The molecule has 0 aliphatic heterocycles. The van der Waals surface area contributed by atoms with Crippen LogP contribution in [0.5, 0.6) is 0 Å². The topological polar surface area (TPSA) is 12.0 Å². The molecule has 0 saturated heterocycles. The normalized spacial score (nSPS) is 12.6. The predicted octanol–water partition coefficient (Wildman–Crippen LogP) is 4.43. The van der Waals surface area contributed by atoms with Crippen molar-refractivity contribution in [1.82, 2.24) is 5.32 Å². The van der Waals surface area contributed by atoms with Crippen LogP contribution in [0.2, 0.25) is 4.34 Å². The van der Waals surface area contributed by atoms with Crippen LogP contribution in [0.25, 0.3) is 0 Å². The second-order valence-electron chi connectivity index (χ2n) is 4.05. The van der Waals surface area contributed by atoms with Gasteiger partial charge in [-0.05, 0) is 36.7 Å². The first kappa shape index (κ1) is 13.5. The number of nitrogens with one attached hydrogen (secondary N) is 1. The van der Waals surface area contributed by atoms with Gasteiger partial charge in [0.1, 0.15) is 5.82 Å². The quantitative estimate of drug-likeness (QED) is 0.856. The number of hydrogen-bond donors (Lipinski definition) is 1. The van der Waals surface area contributed by atoms with Gasteiger partial charge in [-0.1, -0.05) is 36.7 Å². The fourth-order valence-corrected chi connectivity index (χ4v) is 3.06. The van der Waals surface area contributed by atoms with Crippen molar-refractivity contribution >= 4 is 22.9 Å². The Kier molecular flexibility index (Phi) is 4.75. The van der Waals surface area contributed by atoms with Gasteiger partial charge in [0.05, 0.1) is 4.34 Å². The third-order valence-corrected chi connectivity index (χ3v) is 4.11. The maximum absolute atomic E-state index is 13.7. The molecule has 0 radical (unpaired) electrons. The molecule has 4 heteroatoms. The third-order valence-electron chi connectivity index (χ3n) is 2.77. The third kappa shape index (κ3) is 3.31. The predicted molar refractivity (Wildman–Crippen MR) is 75.9 cm³/mol. The van der Waals surface area contributed by atoms with Gasteiger partial charge in [0.25, 0.3) is 0 Å². The Labute approximate surface area is 116 Å². The number of benzene rings is 1. The van der Waals surface area contributed by atoms with E-state index in [1.165, 1.54) is 6.07 Å². The maximum atomic E-state index is 13.7. The van der Waals surface area contributed by atoms with Crippen LogP contribution in [0.15, 0.2) is 36.4 Å². The van der Waals surface area contributed by atoms with Gasteiger partial charge < -0.3 is 5.32 Å². The van der Waals surface area contributed by atoms with Crippen LogP contribution in [0.1, 0.15) is 23.4 Å². The van der Waals surface area contributed by atoms with Crippen LogP contribution in [0.3, 0.4) is 0 Å². The summed E-state index contributed by atoms with van der Waals surface area (Å²) in [6.45, 7) is 2.89. The number of hydrogen-bond acceptors (Lipinski definition) is 2. The van der Waals surface area contributed by atoms with Crippen LogP contribution in [0.4, 0.5) is 4.39 Å². The van der Waals surface area contributed by atoms with Gasteiger partial charge in [-0.2, -0.15) is 0 Å². The minimum absolute atomic E-state index is 0.115. The minimum atomic E-state index is -0.150. The Morgan fingerprint density at radius 2 is 2.06 bits per heavy atom. The highest BCUT2D eigenvalue weighted by Crippen LogP contribution is 2.29. The molecule has 18 heavy (non-hydrogen) atoms. The van der Waals surface area contributed by atoms with Crippen LogP contribution < -0.4 is 5.32 Å². The molecule has 1 atom stereocenters. The fourth-order valence-electron chi connectivity index (χ4n) is 1.92. The summed E-state index contributed by atoms with van der Waals surface area (Å²) in [4.78, 5) is 1.14. The number of halogens is 2. The van der Waals surface area contributed by atoms with Crippen LogP contribution in [0, 0.1) is 5.82 Å². The summed E-state index contributed by atoms with van der Waals surface area (Å²) in [5.74, 6) is -0.150. The molecule has 1 unspecified atom stereocenters. The van der Waals surface area contributed by atoms with Crippen molar-refractivity contribution in [2.45, 2.75) is 19.4 Å². The van der Waals surface area contributed by atoms with E-state index in [2.05, 4.69) is 5.32 Å². The van der Waals surface area contributed by atoms with E-state index >= 15 is 0 Å². The van der Waals surface area contributed by atoms with Crippen LogP contribution >= 0.6 is 22.9 Å². The smallest absolute Gasteiger partial charge is 0.126 e. The molecule has 1 nitrogen and oxygen atoms in total. The Morgan fingerprint density at radius 1 is 1.28 bits per heavy atom. The monoisotopic (exact) mass is 283 g/mol. The molecule has 1 heterocycles. The van der Waals surface area contributed by atoms with Crippen molar-refractivity contribution in [3.8, 4) is 0 Å². The molecular weight excluding hydrogens is 269 g/mol. The summed E-state index contributed by atoms with van der Waals surface area (Å²) in [5.41, 5.74) is 0.730. The molecule has 0 fully saturated rings. The zero-order valence-corrected chi connectivity index (χ0v) is 11.7. The molecule has 0 saturated carbocycles. The largest absolute Gasteiger partial charge is 0.309 e. The van der Waals surface area contributed by atoms with Crippen molar-refractivity contribution in [2.24, 2.45) is 0 Å². The van der Waals surface area contributed by atoms with Crippen molar-refractivity contribution in [2.75, 3.05) is 6.54 Å². The van der Waals surface area contributed by atoms with E-state index in [4.69, 9.17) is 11.6 Å². The summed E-state index contributed by atoms with van der Waals surface area (Å²) in [6, 6.07) is 10.9. The summed E-state index contributed by atoms with van der Waals surface area (Å²) in [6.07, 6.45) is 0.636. The van der Waals surface area contributed by atoms with Gasteiger partial charge in [-0.15, -0.1) is 11.3 Å². The lowest BCUT2D eigenvalue weighted by molar-refractivity contribution is 0.534. The SMILES string of the molecule is CCNC(Cc1ccccc1F)c1ccc(Cl)s1. The van der Waals surface area contributed by atoms with Crippen molar-refractivity contribution in [3.63, 3.8) is 0 Å². The Hall–Kier alpha value is -0.900. The highest BCUT2D eigenvalue weighted by molar-refractivity contribution is 7.16. The second-order valence-corrected chi connectivity index (χ2v) is 5.79. The van der Waals surface area contributed by atoms with Crippen LogP contribution in [-0.2, 0) is 6.42 Å². The number of likely N-dealkylation sites (N-methyl/N-ethyl adjacent to an activating group) is 1. The standard InChI is InChI=1S/C14H15ClFNS/c1-2-17-12(13-7-8-14(15)18-13)9-10-5-3-4-6-11(10)16/h3-8,12,17H,2,9H2,1H3. The molecule has 1 aromatic carbocycles. The average molecular weight is 284 g/mol. The molecule has 0 bridgehead atoms. The molecular formula is C14H15ClFNS. The number of rotatable bonds is 5. The lowest BCUT2D eigenvalue weighted by Gasteiger charge is -2.16. The highest BCUT2D eigenvalue weighted by atomic mass is 35.5. The van der Waals surface area contributed by atoms with Gasteiger partial charge in [-0.3, -0.25) is 0 Å².